The van der Waals surface area contributed by atoms with Gasteiger partial charge in [0.2, 0.25) is 0 Å². The number of sulfone groups is 1. The molecule has 0 spiro atoms. The number of rotatable bonds is 5. The average molecular weight is 331 g/mol. The summed E-state index contributed by atoms with van der Waals surface area (Å²) in [7, 11) is -8.43. The van der Waals surface area contributed by atoms with E-state index in [2.05, 4.69) is 4.52 Å². The molecule has 0 aromatic heterocycles. The fourth-order valence-electron chi connectivity index (χ4n) is 1.91. The van der Waals surface area contributed by atoms with Crippen LogP contribution in [-0.4, -0.2) is 30.6 Å². The first-order valence-electron chi connectivity index (χ1n) is 5.90. The second-order valence-corrected chi connectivity index (χ2v) is 7.70. The van der Waals surface area contributed by atoms with Crippen LogP contribution in [0.2, 0.25) is 0 Å². The molecule has 2 rings (SSSR count). The third-order valence-corrected chi connectivity index (χ3v) is 5.06. The van der Waals surface area contributed by atoms with Gasteiger partial charge in [-0.2, -0.15) is 0 Å². The highest BCUT2D eigenvalue weighted by atomic mass is 32.2. The summed E-state index contributed by atoms with van der Waals surface area (Å²) in [6.45, 7) is -0.592. The van der Waals surface area contributed by atoms with Crippen molar-refractivity contribution in [3.63, 3.8) is 0 Å². The molecule has 2 aromatic rings. The van der Waals surface area contributed by atoms with E-state index >= 15 is 0 Å². The van der Waals surface area contributed by atoms with E-state index in [1.165, 1.54) is 6.07 Å². The summed E-state index contributed by atoms with van der Waals surface area (Å²) < 4.78 is 39.3. The standard InChI is InChI=1S/C12H14NO6PS/c13-10-5-4-9-2-1-3-12(11(9)8-10)21(17,18)7-6-19-20(14,15)16/h1-5,8H,6-7,13H2,(H2,14,15,16). The minimum atomic E-state index is -4.68. The third kappa shape index (κ3) is 4.03. The van der Waals surface area contributed by atoms with Crippen molar-refractivity contribution < 1.29 is 27.3 Å². The number of hydrogen-bond donors (Lipinski definition) is 3. The van der Waals surface area contributed by atoms with Crippen LogP contribution in [0.3, 0.4) is 0 Å². The Morgan fingerprint density at radius 2 is 1.90 bits per heavy atom. The van der Waals surface area contributed by atoms with Gasteiger partial charge in [0, 0.05) is 11.1 Å². The zero-order chi connectivity index (χ0) is 15.7. The molecule has 0 aliphatic carbocycles. The van der Waals surface area contributed by atoms with Crippen LogP contribution in [0.5, 0.6) is 0 Å². The van der Waals surface area contributed by atoms with Crippen LogP contribution in [0.1, 0.15) is 0 Å². The van der Waals surface area contributed by atoms with Gasteiger partial charge in [0.05, 0.1) is 17.3 Å². The first-order chi connectivity index (χ1) is 9.69. The first-order valence-corrected chi connectivity index (χ1v) is 9.08. The van der Waals surface area contributed by atoms with E-state index in [9.17, 15) is 13.0 Å². The molecule has 4 N–H and O–H groups in total. The third-order valence-electron chi connectivity index (χ3n) is 2.81. The molecule has 0 radical (unpaired) electrons. The molecule has 0 aliphatic heterocycles. The summed E-state index contributed by atoms with van der Waals surface area (Å²) in [5.74, 6) is -0.536. The van der Waals surface area contributed by atoms with Crippen molar-refractivity contribution in [2.24, 2.45) is 0 Å². The van der Waals surface area contributed by atoms with Crippen LogP contribution in [0.15, 0.2) is 41.3 Å². The number of nitrogens with two attached hydrogens (primary N) is 1. The topological polar surface area (TPSA) is 127 Å². The molecule has 21 heavy (non-hydrogen) atoms. The maximum absolute atomic E-state index is 12.3. The van der Waals surface area contributed by atoms with Crippen molar-refractivity contribution >= 4 is 34.1 Å². The second kappa shape index (κ2) is 5.75. The van der Waals surface area contributed by atoms with Crippen molar-refractivity contribution in [1.82, 2.24) is 0 Å². The van der Waals surface area contributed by atoms with Crippen LogP contribution in [-0.2, 0) is 18.9 Å². The van der Waals surface area contributed by atoms with Crippen molar-refractivity contribution in [3.05, 3.63) is 36.4 Å². The fraction of sp³-hybridized carbons (Fsp3) is 0.167. The average Bonchev–Trinajstić information content (AvgIpc) is 2.36. The molecule has 0 bridgehead atoms. The summed E-state index contributed by atoms with van der Waals surface area (Å²) in [5, 5.41) is 1.18. The zero-order valence-electron chi connectivity index (χ0n) is 10.8. The number of fused-ring (bicyclic) bond motifs is 1. The van der Waals surface area contributed by atoms with Crippen LogP contribution >= 0.6 is 7.82 Å². The minimum absolute atomic E-state index is 0.0570. The van der Waals surface area contributed by atoms with E-state index in [0.717, 1.165) is 0 Å². The van der Waals surface area contributed by atoms with Gasteiger partial charge in [0.1, 0.15) is 0 Å². The monoisotopic (exact) mass is 331 g/mol. The van der Waals surface area contributed by atoms with E-state index in [4.69, 9.17) is 15.5 Å². The lowest BCUT2D eigenvalue weighted by molar-refractivity contribution is 0.207. The van der Waals surface area contributed by atoms with Crippen LogP contribution in [0.4, 0.5) is 5.69 Å². The van der Waals surface area contributed by atoms with Gasteiger partial charge in [-0.3, -0.25) is 4.52 Å². The van der Waals surface area contributed by atoms with Crippen molar-refractivity contribution in [1.29, 1.82) is 0 Å². The lowest BCUT2D eigenvalue weighted by Gasteiger charge is -2.09. The molecule has 0 saturated heterocycles. The number of anilines is 1. The predicted molar refractivity (Wildman–Crippen MR) is 78.4 cm³/mol. The Labute approximate surface area is 121 Å². The molecular weight excluding hydrogens is 317 g/mol. The number of phosphoric acid groups is 1. The number of nitrogen functional groups attached to an aromatic ring is 1. The summed E-state index contributed by atoms with van der Waals surface area (Å²) in [5.41, 5.74) is 6.10. The van der Waals surface area contributed by atoms with Gasteiger partial charge in [-0.25, -0.2) is 13.0 Å². The highest BCUT2D eigenvalue weighted by Crippen LogP contribution is 2.35. The van der Waals surface area contributed by atoms with E-state index in [0.29, 0.717) is 16.5 Å². The molecule has 0 amide bonds. The SMILES string of the molecule is Nc1ccc2cccc(S(=O)(=O)CCOP(=O)(O)O)c2c1. The van der Waals surface area contributed by atoms with Gasteiger partial charge < -0.3 is 15.5 Å². The number of phosphoric ester groups is 1. The van der Waals surface area contributed by atoms with Crippen LogP contribution in [0.25, 0.3) is 10.8 Å². The molecule has 2 aromatic carbocycles. The van der Waals surface area contributed by atoms with E-state index in [1.807, 2.05) is 0 Å². The molecular formula is C12H14NO6PS. The summed E-state index contributed by atoms with van der Waals surface area (Å²) in [6, 6.07) is 9.68. The Kier molecular flexibility index (Phi) is 4.36. The largest absolute Gasteiger partial charge is 0.469 e. The Bertz CT molecular complexity index is 814. The Balaban J connectivity index is 2.36. The highest BCUT2D eigenvalue weighted by Gasteiger charge is 2.20. The quantitative estimate of drug-likeness (QED) is 0.556. The Morgan fingerprint density at radius 3 is 2.57 bits per heavy atom. The molecule has 0 heterocycles. The molecule has 9 heteroatoms. The maximum Gasteiger partial charge on any atom is 0.469 e. The van der Waals surface area contributed by atoms with Gasteiger partial charge in [0.15, 0.2) is 9.84 Å². The van der Waals surface area contributed by atoms with Gasteiger partial charge >= 0.3 is 7.82 Å². The Hall–Kier alpha value is -1.44. The van der Waals surface area contributed by atoms with Crippen LogP contribution < -0.4 is 5.73 Å². The van der Waals surface area contributed by atoms with Gasteiger partial charge in [-0.1, -0.05) is 18.2 Å². The van der Waals surface area contributed by atoms with E-state index in [1.54, 1.807) is 30.3 Å². The first kappa shape index (κ1) is 15.9. The van der Waals surface area contributed by atoms with Gasteiger partial charge in [0.25, 0.3) is 0 Å². The van der Waals surface area contributed by atoms with Crippen molar-refractivity contribution in [3.8, 4) is 0 Å². The molecule has 7 nitrogen and oxygen atoms in total. The molecule has 0 aliphatic rings. The number of hydrogen-bond acceptors (Lipinski definition) is 5. The van der Waals surface area contributed by atoms with Crippen molar-refractivity contribution in [2.45, 2.75) is 4.90 Å². The second-order valence-electron chi connectivity index (χ2n) is 4.38. The zero-order valence-corrected chi connectivity index (χ0v) is 12.5. The van der Waals surface area contributed by atoms with Gasteiger partial charge in [-0.15, -0.1) is 0 Å². The van der Waals surface area contributed by atoms with Gasteiger partial charge in [-0.05, 0) is 23.6 Å². The summed E-state index contributed by atoms with van der Waals surface area (Å²) in [4.78, 5) is 17.2. The molecule has 0 atom stereocenters. The van der Waals surface area contributed by atoms with Crippen LogP contribution in [0, 0.1) is 0 Å². The summed E-state index contributed by atoms with van der Waals surface area (Å²) in [6.07, 6.45) is 0. The predicted octanol–water partition coefficient (Wildman–Crippen LogP) is 1.30. The van der Waals surface area contributed by atoms with E-state index < -0.39 is 30.0 Å². The smallest absolute Gasteiger partial charge is 0.399 e. The maximum atomic E-state index is 12.3. The normalized spacial score (nSPS) is 12.7. The van der Waals surface area contributed by atoms with Crippen molar-refractivity contribution in [2.75, 3.05) is 18.1 Å². The lowest BCUT2D eigenvalue weighted by atomic mass is 10.1. The lowest BCUT2D eigenvalue weighted by Crippen LogP contribution is -2.12. The molecule has 0 saturated carbocycles. The number of benzene rings is 2. The molecule has 0 unspecified atom stereocenters. The highest BCUT2D eigenvalue weighted by molar-refractivity contribution is 7.91. The Morgan fingerprint density at radius 1 is 1.19 bits per heavy atom. The summed E-state index contributed by atoms with van der Waals surface area (Å²) >= 11 is 0. The molecule has 114 valence electrons. The van der Waals surface area contributed by atoms with E-state index in [-0.39, 0.29) is 4.90 Å². The fourth-order valence-corrected chi connectivity index (χ4v) is 3.68. The molecule has 0 fully saturated rings. The minimum Gasteiger partial charge on any atom is -0.399 e.